The number of halogens is 1. The number of carbonyl (C=O) groups is 2. The molecule has 0 saturated carbocycles. The lowest BCUT2D eigenvalue weighted by molar-refractivity contribution is -0.124. The molecule has 2 amide bonds. The fourth-order valence-electron chi connectivity index (χ4n) is 2.87. The summed E-state index contributed by atoms with van der Waals surface area (Å²) >= 11 is 1.22. The lowest BCUT2D eigenvalue weighted by Gasteiger charge is -2.25. The highest BCUT2D eigenvalue weighted by Gasteiger charge is 2.38. The number of fused-ring (bicyclic) bond motifs is 3. The second-order valence-corrected chi connectivity index (χ2v) is 6.60. The standard InChI is InChI=1S/C14H13FN4O4S/c15-7-3-6(19-5-8(12(16)21)23-14(19)22)4-9-11(7)18-2-1-10(20)17-13(18)24-9/h3-4,8,10,20H,1-2,5H2,(H2,16,21)/t8-,10?/m1/s1. The van der Waals surface area contributed by atoms with Crippen LogP contribution in [0.2, 0.25) is 0 Å². The highest BCUT2D eigenvalue weighted by Crippen LogP contribution is 2.46. The van der Waals surface area contributed by atoms with Crippen LogP contribution in [0, 0.1) is 5.82 Å². The molecule has 3 heterocycles. The number of anilines is 2. The number of benzene rings is 1. The third-order valence-electron chi connectivity index (χ3n) is 4.03. The van der Waals surface area contributed by atoms with Crippen LogP contribution in [0.25, 0.3) is 0 Å². The van der Waals surface area contributed by atoms with Crippen molar-refractivity contribution in [3.63, 3.8) is 0 Å². The zero-order valence-corrected chi connectivity index (χ0v) is 13.1. The lowest BCUT2D eigenvalue weighted by atomic mass is 10.2. The fraction of sp³-hybridized carbons (Fsp3) is 0.357. The molecule has 0 radical (unpaired) electrons. The van der Waals surface area contributed by atoms with E-state index in [9.17, 15) is 19.1 Å². The molecule has 0 bridgehead atoms. The molecule has 1 saturated heterocycles. The highest BCUT2D eigenvalue weighted by atomic mass is 32.2. The maximum absolute atomic E-state index is 14.6. The Morgan fingerprint density at radius 3 is 2.96 bits per heavy atom. The normalized spacial score (nSPS) is 25.2. The number of carbonyl (C=O) groups excluding carboxylic acids is 2. The van der Waals surface area contributed by atoms with Gasteiger partial charge in [0.05, 0.1) is 17.9 Å². The lowest BCUT2D eigenvalue weighted by Crippen LogP contribution is -2.34. The number of nitrogens with zero attached hydrogens (tertiary/aromatic N) is 3. The van der Waals surface area contributed by atoms with E-state index in [0.717, 1.165) is 0 Å². The van der Waals surface area contributed by atoms with Crippen LogP contribution in [0.5, 0.6) is 0 Å². The van der Waals surface area contributed by atoms with Crippen molar-refractivity contribution in [2.45, 2.75) is 23.6 Å². The topological polar surface area (TPSA) is 108 Å². The molecule has 3 aliphatic rings. The SMILES string of the molecule is NC(=O)[C@H]1CN(c2cc(F)c3c(c2)SC2=NC(O)CCN23)C(=O)O1. The van der Waals surface area contributed by atoms with Gasteiger partial charge in [0.1, 0.15) is 12.0 Å². The van der Waals surface area contributed by atoms with Crippen molar-refractivity contribution < 1.29 is 23.8 Å². The number of aliphatic hydroxyl groups excluding tert-OH is 1. The van der Waals surface area contributed by atoms with E-state index in [2.05, 4.69) is 4.99 Å². The molecule has 126 valence electrons. The number of amidine groups is 1. The molecule has 0 spiro atoms. The van der Waals surface area contributed by atoms with Gasteiger partial charge in [-0.2, -0.15) is 0 Å². The molecule has 0 aromatic heterocycles. The molecule has 3 aliphatic heterocycles. The molecule has 4 rings (SSSR count). The molecule has 8 nitrogen and oxygen atoms in total. The molecular weight excluding hydrogens is 339 g/mol. The number of ether oxygens (including phenoxy) is 1. The summed E-state index contributed by atoms with van der Waals surface area (Å²) in [6.45, 7) is 0.409. The summed E-state index contributed by atoms with van der Waals surface area (Å²) in [5, 5.41) is 10.1. The van der Waals surface area contributed by atoms with Gasteiger partial charge >= 0.3 is 6.09 Å². The van der Waals surface area contributed by atoms with Gasteiger partial charge in [-0.15, -0.1) is 0 Å². The first-order valence-corrected chi connectivity index (χ1v) is 8.08. The van der Waals surface area contributed by atoms with Gasteiger partial charge in [-0.25, -0.2) is 14.2 Å². The van der Waals surface area contributed by atoms with Gasteiger partial charge in [-0.05, 0) is 23.9 Å². The summed E-state index contributed by atoms with van der Waals surface area (Å²) in [6.07, 6.45) is -2.16. The Balaban J connectivity index is 1.69. The zero-order valence-electron chi connectivity index (χ0n) is 12.3. The predicted molar refractivity (Wildman–Crippen MR) is 84.5 cm³/mol. The minimum Gasteiger partial charge on any atom is -0.434 e. The van der Waals surface area contributed by atoms with E-state index in [4.69, 9.17) is 10.5 Å². The van der Waals surface area contributed by atoms with E-state index in [1.165, 1.54) is 22.7 Å². The minimum atomic E-state index is -1.05. The van der Waals surface area contributed by atoms with Crippen LogP contribution in [-0.2, 0) is 9.53 Å². The van der Waals surface area contributed by atoms with E-state index >= 15 is 0 Å². The molecule has 3 N–H and O–H groups in total. The molecule has 1 unspecified atom stereocenters. The van der Waals surface area contributed by atoms with Crippen LogP contribution in [0.1, 0.15) is 6.42 Å². The van der Waals surface area contributed by atoms with E-state index in [0.29, 0.717) is 28.7 Å². The van der Waals surface area contributed by atoms with E-state index < -0.39 is 30.1 Å². The van der Waals surface area contributed by atoms with Crippen molar-refractivity contribution in [2.75, 3.05) is 22.9 Å². The van der Waals surface area contributed by atoms with Crippen LogP contribution >= 0.6 is 11.8 Å². The van der Waals surface area contributed by atoms with Crippen molar-refractivity contribution in [2.24, 2.45) is 10.7 Å². The number of hydrogen-bond acceptors (Lipinski definition) is 7. The summed E-state index contributed by atoms with van der Waals surface area (Å²) in [5.74, 6) is -1.26. The molecule has 1 aromatic carbocycles. The minimum absolute atomic E-state index is 0.0551. The first-order valence-electron chi connectivity index (χ1n) is 7.26. The Kier molecular flexibility index (Phi) is 3.39. The van der Waals surface area contributed by atoms with Crippen molar-refractivity contribution in [1.29, 1.82) is 0 Å². The summed E-state index contributed by atoms with van der Waals surface area (Å²) in [7, 11) is 0. The van der Waals surface area contributed by atoms with E-state index in [-0.39, 0.29) is 12.2 Å². The first kappa shape index (κ1) is 15.2. The maximum Gasteiger partial charge on any atom is 0.415 e. The average Bonchev–Trinajstić information content (AvgIpc) is 3.07. The van der Waals surface area contributed by atoms with Gasteiger partial charge in [0.25, 0.3) is 5.91 Å². The molecule has 10 heteroatoms. The van der Waals surface area contributed by atoms with Crippen LogP contribution in [0.4, 0.5) is 20.6 Å². The fourth-order valence-corrected chi connectivity index (χ4v) is 4.01. The Hall–Kier alpha value is -2.33. The quantitative estimate of drug-likeness (QED) is 0.808. The number of cyclic esters (lactones) is 1. The number of thioether (sulfide) groups is 1. The predicted octanol–water partition coefficient (Wildman–Crippen LogP) is 0.626. The van der Waals surface area contributed by atoms with Crippen LogP contribution in [0.3, 0.4) is 0 Å². The monoisotopic (exact) mass is 352 g/mol. The third-order valence-corrected chi connectivity index (χ3v) is 5.07. The zero-order chi connectivity index (χ0) is 17.0. The largest absolute Gasteiger partial charge is 0.434 e. The molecule has 1 fully saturated rings. The second-order valence-electron chi connectivity index (χ2n) is 5.59. The summed E-state index contributed by atoms with van der Waals surface area (Å²) < 4.78 is 19.5. The van der Waals surface area contributed by atoms with Gasteiger partial charge in [-0.1, -0.05) is 0 Å². The summed E-state index contributed by atoms with van der Waals surface area (Å²) in [6, 6.07) is 2.86. The number of hydrogen-bond donors (Lipinski definition) is 2. The number of aliphatic hydroxyl groups is 1. The van der Waals surface area contributed by atoms with Crippen molar-refractivity contribution in [3.05, 3.63) is 17.9 Å². The number of aliphatic imine (C=N–C) groups is 1. The van der Waals surface area contributed by atoms with Crippen molar-refractivity contribution in [3.8, 4) is 0 Å². The van der Waals surface area contributed by atoms with Crippen LogP contribution in [-0.4, -0.2) is 47.7 Å². The average molecular weight is 352 g/mol. The van der Waals surface area contributed by atoms with E-state index in [1.54, 1.807) is 11.0 Å². The smallest absolute Gasteiger partial charge is 0.415 e. The van der Waals surface area contributed by atoms with Gasteiger partial charge in [0.2, 0.25) is 0 Å². The maximum atomic E-state index is 14.6. The van der Waals surface area contributed by atoms with Crippen LogP contribution in [0.15, 0.2) is 22.0 Å². The number of nitrogens with two attached hydrogens (primary N) is 1. The van der Waals surface area contributed by atoms with Gasteiger partial charge in [0, 0.05) is 17.9 Å². The van der Waals surface area contributed by atoms with Crippen molar-refractivity contribution >= 4 is 40.3 Å². The molecule has 2 atom stereocenters. The molecule has 24 heavy (non-hydrogen) atoms. The Morgan fingerprint density at radius 1 is 1.46 bits per heavy atom. The van der Waals surface area contributed by atoms with Gasteiger partial charge in [0.15, 0.2) is 11.3 Å². The highest BCUT2D eigenvalue weighted by molar-refractivity contribution is 8.14. The van der Waals surface area contributed by atoms with Crippen molar-refractivity contribution in [1.82, 2.24) is 0 Å². The second kappa shape index (κ2) is 5.35. The number of rotatable bonds is 2. The molecule has 0 aliphatic carbocycles. The number of amides is 2. The third kappa shape index (κ3) is 2.29. The van der Waals surface area contributed by atoms with E-state index in [1.807, 2.05) is 0 Å². The Labute approximate surface area is 140 Å². The van der Waals surface area contributed by atoms with Gasteiger partial charge < -0.3 is 20.5 Å². The Bertz CT molecular complexity index is 786. The van der Waals surface area contributed by atoms with Gasteiger partial charge in [-0.3, -0.25) is 9.69 Å². The summed E-state index contributed by atoms with van der Waals surface area (Å²) in [4.78, 5) is 30.6. The summed E-state index contributed by atoms with van der Waals surface area (Å²) in [5.41, 5.74) is 5.81. The molecule has 1 aromatic rings. The molecular formula is C14H13FN4O4S. The Morgan fingerprint density at radius 2 is 2.25 bits per heavy atom. The first-order chi connectivity index (χ1) is 11.4. The number of primary amides is 1. The van der Waals surface area contributed by atoms with Crippen LogP contribution < -0.4 is 15.5 Å².